The molecule has 18 heteroatoms. The first kappa shape index (κ1) is 41.3. The molecule has 5 aromatic rings. The van der Waals surface area contributed by atoms with Crippen LogP contribution in [0.1, 0.15) is 60.7 Å². The minimum absolute atomic E-state index is 0.0272. The smallest absolute Gasteiger partial charge is 0.266 e. The second-order valence-electron chi connectivity index (χ2n) is 13.7. The van der Waals surface area contributed by atoms with Crippen molar-refractivity contribution < 1.29 is 47.3 Å². The molecule has 2 aliphatic rings. The van der Waals surface area contributed by atoms with Gasteiger partial charge >= 0.3 is 0 Å². The standard InChI is InChI=1S/C42H41FN8O9/c43-32-23-28(34(24-44)49-51-29(25-47-51)22-26-6-9-33-27(21-26)3-2-12-45-33)7-8-30(32)39(53)46-13-14-57-15-16-58-17-18-59-19-20-60-36-5-1-4-31-38(36)42(56)50(41(31)55)35-10-11-37(52)48-40(35)54/h1-9,12,21,23-25,35,44,47H,10-11,13-20,22H2,(H,46,53)(H,48,52,54)/b44-24?,49-34+. The van der Waals surface area contributed by atoms with Crippen LogP contribution < -0.4 is 15.4 Å². The van der Waals surface area contributed by atoms with Gasteiger partial charge in [-0.05, 0) is 54.4 Å². The average molecular weight is 821 g/mol. The van der Waals surface area contributed by atoms with Gasteiger partial charge < -0.3 is 29.7 Å². The highest BCUT2D eigenvalue weighted by Crippen LogP contribution is 2.33. The highest BCUT2D eigenvalue weighted by molar-refractivity contribution is 6.37. The quantitative estimate of drug-likeness (QED) is 0.0510. The summed E-state index contributed by atoms with van der Waals surface area (Å²) in [6, 6.07) is 17.5. The first-order valence-corrected chi connectivity index (χ1v) is 19.2. The van der Waals surface area contributed by atoms with Crippen LogP contribution in [0, 0.1) is 11.2 Å². The number of rotatable bonds is 20. The summed E-state index contributed by atoms with van der Waals surface area (Å²) in [5.74, 6) is -3.58. The maximum Gasteiger partial charge on any atom is 0.266 e. The number of nitrogens with zero attached hydrogens (tertiary/aromatic N) is 4. The zero-order valence-corrected chi connectivity index (χ0v) is 32.3. The molecule has 0 spiro atoms. The molecule has 2 aliphatic heterocycles. The Labute approximate surface area is 342 Å². The van der Waals surface area contributed by atoms with Crippen LogP contribution in [0.2, 0.25) is 0 Å². The number of carbonyl (C=O) groups is 5. The number of halogens is 1. The Kier molecular flexibility index (Phi) is 13.2. The van der Waals surface area contributed by atoms with Crippen LogP contribution in [-0.2, 0) is 30.2 Å². The normalized spacial score (nSPS) is 15.4. The Morgan fingerprint density at radius 2 is 1.72 bits per heavy atom. The Morgan fingerprint density at radius 3 is 2.45 bits per heavy atom. The van der Waals surface area contributed by atoms with Crippen LogP contribution in [0.15, 0.2) is 84.2 Å². The van der Waals surface area contributed by atoms with E-state index in [1.807, 2.05) is 24.3 Å². The molecule has 1 fully saturated rings. The molecule has 2 aromatic heterocycles. The van der Waals surface area contributed by atoms with Gasteiger partial charge in [-0.2, -0.15) is 9.89 Å². The van der Waals surface area contributed by atoms with Crippen LogP contribution in [0.4, 0.5) is 4.39 Å². The summed E-state index contributed by atoms with van der Waals surface area (Å²) < 4.78 is 37.3. The van der Waals surface area contributed by atoms with Crippen molar-refractivity contribution in [3.63, 3.8) is 0 Å². The number of ether oxygens (including phenoxy) is 4. The minimum Gasteiger partial charge on any atom is -0.490 e. The fourth-order valence-corrected chi connectivity index (χ4v) is 6.70. The van der Waals surface area contributed by atoms with Crippen LogP contribution in [-0.4, -0.2) is 120 Å². The molecular weight excluding hydrogens is 780 g/mol. The maximum atomic E-state index is 15.1. The Hall–Kier alpha value is -6.89. The van der Waals surface area contributed by atoms with Gasteiger partial charge in [0.25, 0.3) is 17.7 Å². The SMILES string of the molecule is N=C/C(=N\n1[nH]cc1Cc1ccc2ncccc2c1)c1ccc(C(=O)NCCOCCOCCOCCOc2cccc3c2C(=O)N(C2CCC(=O)NC2=O)C3=O)c(F)c1. The van der Waals surface area contributed by atoms with Crippen molar-refractivity contribution in [1.82, 2.24) is 30.4 Å². The van der Waals surface area contributed by atoms with E-state index in [2.05, 4.69) is 31.9 Å². The summed E-state index contributed by atoms with van der Waals surface area (Å²) >= 11 is 0. The third-order valence-corrected chi connectivity index (χ3v) is 9.72. The van der Waals surface area contributed by atoms with Gasteiger partial charge in [0, 0.05) is 48.9 Å². The third-order valence-electron chi connectivity index (χ3n) is 9.72. The van der Waals surface area contributed by atoms with Gasteiger partial charge in [0.15, 0.2) is 0 Å². The number of carbonyl (C=O) groups excluding carboxylic acids is 5. The van der Waals surface area contributed by atoms with E-state index in [-0.39, 0.29) is 93.8 Å². The van der Waals surface area contributed by atoms with E-state index in [4.69, 9.17) is 24.4 Å². The number of piperidine rings is 1. The Morgan fingerprint density at radius 1 is 0.933 bits per heavy atom. The number of fused-ring (bicyclic) bond motifs is 2. The number of H-pyrrole nitrogens is 1. The molecule has 0 saturated carbocycles. The topological polar surface area (TPSA) is 219 Å². The van der Waals surface area contributed by atoms with Gasteiger partial charge in [0.2, 0.25) is 11.8 Å². The number of imide groups is 2. The number of pyridine rings is 1. The van der Waals surface area contributed by atoms with Crippen molar-refractivity contribution >= 4 is 52.4 Å². The summed E-state index contributed by atoms with van der Waals surface area (Å²) in [5.41, 5.74) is 3.39. The average Bonchev–Trinajstić information content (AvgIpc) is 3.50. The van der Waals surface area contributed by atoms with E-state index in [0.717, 1.165) is 33.3 Å². The number of aromatic amines is 1. The van der Waals surface area contributed by atoms with E-state index >= 15 is 4.39 Å². The molecular formula is C42H41FN8O9. The van der Waals surface area contributed by atoms with Crippen LogP contribution in [0.25, 0.3) is 10.9 Å². The van der Waals surface area contributed by atoms with Crippen LogP contribution in [0.3, 0.4) is 0 Å². The van der Waals surface area contributed by atoms with Crippen molar-refractivity contribution in [2.24, 2.45) is 5.10 Å². The van der Waals surface area contributed by atoms with E-state index in [9.17, 15) is 24.0 Å². The summed E-state index contributed by atoms with van der Waals surface area (Å²) in [7, 11) is 0. The summed E-state index contributed by atoms with van der Waals surface area (Å²) in [5, 5.41) is 21.1. The van der Waals surface area contributed by atoms with Crippen molar-refractivity contribution in [3.8, 4) is 5.75 Å². The lowest BCUT2D eigenvalue weighted by atomic mass is 10.0. The first-order chi connectivity index (χ1) is 29.2. The van der Waals surface area contributed by atoms with Crippen molar-refractivity contribution in [2.75, 3.05) is 52.8 Å². The monoisotopic (exact) mass is 820 g/mol. The molecule has 60 heavy (non-hydrogen) atoms. The summed E-state index contributed by atoms with van der Waals surface area (Å²) in [6.45, 7) is 1.60. The zero-order chi connectivity index (χ0) is 42.0. The number of benzene rings is 3. The molecule has 0 bridgehead atoms. The highest BCUT2D eigenvalue weighted by Gasteiger charge is 2.46. The third kappa shape index (κ3) is 9.52. The van der Waals surface area contributed by atoms with Crippen LogP contribution >= 0.6 is 0 Å². The summed E-state index contributed by atoms with van der Waals surface area (Å²) in [4.78, 5) is 69.4. The van der Waals surface area contributed by atoms with E-state index in [1.165, 1.54) is 29.1 Å². The maximum absolute atomic E-state index is 15.1. The van der Waals surface area contributed by atoms with E-state index in [0.29, 0.717) is 12.0 Å². The lowest BCUT2D eigenvalue weighted by Crippen LogP contribution is -2.54. The largest absolute Gasteiger partial charge is 0.490 e. The Balaban J connectivity index is 0.758. The van der Waals surface area contributed by atoms with E-state index in [1.54, 1.807) is 24.5 Å². The molecule has 310 valence electrons. The first-order valence-electron chi connectivity index (χ1n) is 19.2. The van der Waals surface area contributed by atoms with Crippen molar-refractivity contribution in [2.45, 2.75) is 25.3 Å². The number of aromatic nitrogens is 3. The summed E-state index contributed by atoms with van der Waals surface area (Å²) in [6.07, 6.45) is 5.24. The fourth-order valence-electron chi connectivity index (χ4n) is 6.70. The zero-order valence-electron chi connectivity index (χ0n) is 32.3. The van der Waals surface area contributed by atoms with Crippen LogP contribution in [0.5, 0.6) is 5.75 Å². The van der Waals surface area contributed by atoms with E-state index < -0.39 is 41.4 Å². The number of amides is 5. The molecule has 1 saturated heterocycles. The second kappa shape index (κ2) is 19.2. The van der Waals surface area contributed by atoms with Gasteiger partial charge in [-0.25, -0.2) is 4.39 Å². The van der Waals surface area contributed by atoms with Crippen molar-refractivity contribution in [1.29, 1.82) is 5.41 Å². The molecule has 5 amide bonds. The number of hydrogen-bond donors (Lipinski definition) is 4. The molecule has 4 N–H and O–H groups in total. The minimum atomic E-state index is -1.07. The number of hydrogen-bond acceptors (Lipinski definition) is 12. The predicted octanol–water partition coefficient (Wildman–Crippen LogP) is 3.26. The highest BCUT2D eigenvalue weighted by atomic mass is 19.1. The molecule has 4 heterocycles. The molecule has 3 aromatic carbocycles. The lowest BCUT2D eigenvalue weighted by molar-refractivity contribution is -0.136. The molecule has 1 unspecified atom stereocenters. The molecule has 7 rings (SSSR count). The van der Waals surface area contributed by atoms with Crippen molar-refractivity contribution in [3.05, 3.63) is 118 Å². The molecule has 17 nitrogen and oxygen atoms in total. The lowest BCUT2D eigenvalue weighted by Gasteiger charge is -2.27. The fraction of sp³-hybridized carbons (Fsp3) is 0.286. The predicted molar refractivity (Wildman–Crippen MR) is 214 cm³/mol. The molecule has 0 radical (unpaired) electrons. The molecule has 1 atom stereocenters. The second-order valence-corrected chi connectivity index (χ2v) is 13.7. The number of nitrogens with one attached hydrogen (secondary N) is 4. The van der Waals surface area contributed by atoms with Gasteiger partial charge in [0.1, 0.15) is 29.9 Å². The van der Waals surface area contributed by atoms with Gasteiger partial charge in [-0.3, -0.25) is 44.3 Å². The van der Waals surface area contributed by atoms with Gasteiger partial charge in [0.05, 0.1) is 67.5 Å². The Bertz CT molecular complexity index is 2460. The van der Waals surface area contributed by atoms with Gasteiger partial charge in [-0.15, -0.1) is 0 Å². The molecule has 0 aliphatic carbocycles. The van der Waals surface area contributed by atoms with Gasteiger partial charge in [-0.1, -0.05) is 24.3 Å².